The molecule has 0 spiro atoms. The Morgan fingerprint density at radius 3 is 2.76 bits per heavy atom. The molecule has 3 rings (SSSR count). The van der Waals surface area contributed by atoms with Crippen LogP contribution < -0.4 is 10.1 Å². The number of nitrogens with zero attached hydrogens (tertiary/aromatic N) is 2. The zero-order valence-corrected chi connectivity index (χ0v) is 14.9. The Kier molecular flexibility index (Phi) is 5.95. The fourth-order valence-electron chi connectivity index (χ4n) is 2.34. The van der Waals surface area contributed by atoms with Gasteiger partial charge in [0.05, 0.1) is 12.3 Å². The van der Waals surface area contributed by atoms with Crippen molar-refractivity contribution in [3.05, 3.63) is 53.9 Å². The van der Waals surface area contributed by atoms with Crippen molar-refractivity contribution in [1.29, 1.82) is 0 Å². The predicted molar refractivity (Wildman–Crippen MR) is 100 cm³/mol. The molecule has 1 aromatic carbocycles. The van der Waals surface area contributed by atoms with Gasteiger partial charge in [-0.25, -0.2) is 9.37 Å². The fourth-order valence-corrected chi connectivity index (χ4v) is 3.08. The van der Waals surface area contributed by atoms with E-state index >= 15 is 0 Å². The lowest BCUT2D eigenvalue weighted by molar-refractivity contribution is 0.291. The number of unbranched alkanes of at least 4 members (excludes halogenated alkanes) is 2. The number of halogens is 1. The Morgan fingerprint density at radius 2 is 2.00 bits per heavy atom. The Bertz CT molecular complexity index is 807. The maximum absolute atomic E-state index is 14.1. The molecule has 6 heteroatoms. The Labute approximate surface area is 150 Å². The summed E-state index contributed by atoms with van der Waals surface area (Å²) in [5, 5.41) is 5.80. The topological polar surface area (TPSA) is 47.0 Å². The van der Waals surface area contributed by atoms with E-state index in [0.717, 1.165) is 30.5 Å². The molecule has 4 nitrogen and oxygen atoms in total. The van der Waals surface area contributed by atoms with Crippen molar-refractivity contribution in [2.75, 3.05) is 11.9 Å². The van der Waals surface area contributed by atoms with Crippen LogP contribution in [0.2, 0.25) is 0 Å². The lowest BCUT2D eigenvalue weighted by Gasteiger charge is -2.09. The van der Waals surface area contributed by atoms with Crippen molar-refractivity contribution in [1.82, 2.24) is 9.97 Å². The summed E-state index contributed by atoms with van der Waals surface area (Å²) in [6.07, 6.45) is 6.61. The Morgan fingerprint density at radius 1 is 1.16 bits per heavy atom. The first-order valence-corrected chi connectivity index (χ1v) is 9.19. The first-order chi connectivity index (χ1) is 12.3. The summed E-state index contributed by atoms with van der Waals surface area (Å²) in [6, 6.07) is 8.70. The lowest BCUT2D eigenvalue weighted by atomic mass is 10.2. The molecular formula is C19H20FN3OS. The van der Waals surface area contributed by atoms with E-state index in [-0.39, 0.29) is 5.82 Å². The van der Waals surface area contributed by atoms with Crippen LogP contribution in [0, 0.1) is 5.82 Å². The molecule has 0 aliphatic rings. The van der Waals surface area contributed by atoms with Crippen molar-refractivity contribution in [3.63, 3.8) is 0 Å². The summed E-state index contributed by atoms with van der Waals surface area (Å²) in [4.78, 5) is 8.53. The van der Waals surface area contributed by atoms with Crippen LogP contribution in [0.5, 0.6) is 5.75 Å². The van der Waals surface area contributed by atoms with Crippen molar-refractivity contribution >= 4 is 22.2 Å². The van der Waals surface area contributed by atoms with E-state index in [9.17, 15) is 4.39 Å². The quantitative estimate of drug-likeness (QED) is 0.529. The monoisotopic (exact) mass is 357 g/mol. The predicted octanol–water partition coefficient (Wildman–Crippen LogP) is 5.66. The van der Waals surface area contributed by atoms with Crippen LogP contribution >= 0.6 is 11.3 Å². The van der Waals surface area contributed by atoms with Crippen molar-refractivity contribution in [3.8, 4) is 17.0 Å². The number of hydrogen-bond acceptors (Lipinski definition) is 5. The summed E-state index contributed by atoms with van der Waals surface area (Å²) >= 11 is 1.47. The smallest absolute Gasteiger partial charge is 0.187 e. The van der Waals surface area contributed by atoms with E-state index in [2.05, 4.69) is 22.2 Å². The summed E-state index contributed by atoms with van der Waals surface area (Å²) in [5.41, 5.74) is 2.52. The van der Waals surface area contributed by atoms with Crippen LogP contribution in [0.3, 0.4) is 0 Å². The number of nitrogens with one attached hydrogen (secondary N) is 1. The number of hydrogen-bond donors (Lipinski definition) is 1. The van der Waals surface area contributed by atoms with Crippen molar-refractivity contribution < 1.29 is 9.13 Å². The highest BCUT2D eigenvalue weighted by molar-refractivity contribution is 7.14. The summed E-state index contributed by atoms with van der Waals surface area (Å²) in [7, 11) is 0. The SMILES string of the molecule is CCCCCOc1ccc(Nc2nc(-c3ccncc3)cs2)cc1F. The van der Waals surface area contributed by atoms with Crippen LogP contribution in [0.1, 0.15) is 26.2 Å². The molecule has 0 amide bonds. The van der Waals surface area contributed by atoms with E-state index in [4.69, 9.17) is 4.74 Å². The van der Waals surface area contributed by atoms with E-state index in [1.54, 1.807) is 24.5 Å². The zero-order valence-electron chi connectivity index (χ0n) is 14.0. The largest absolute Gasteiger partial charge is 0.491 e. The number of pyridine rings is 1. The van der Waals surface area contributed by atoms with Gasteiger partial charge in [-0.3, -0.25) is 4.98 Å². The molecule has 2 aromatic heterocycles. The first kappa shape index (κ1) is 17.4. The van der Waals surface area contributed by atoms with Crippen molar-refractivity contribution in [2.45, 2.75) is 26.2 Å². The minimum Gasteiger partial charge on any atom is -0.491 e. The highest BCUT2D eigenvalue weighted by atomic mass is 32.1. The van der Waals surface area contributed by atoms with Gasteiger partial charge in [0.25, 0.3) is 0 Å². The second-order valence-electron chi connectivity index (χ2n) is 5.60. The standard InChI is InChI=1S/C19H20FN3OS/c1-2-3-4-11-24-18-6-5-15(12-16(18)20)22-19-23-17(13-25-19)14-7-9-21-10-8-14/h5-10,12-13H,2-4,11H2,1H3,(H,22,23). The van der Waals surface area contributed by atoms with Gasteiger partial charge in [-0.2, -0.15) is 0 Å². The molecule has 0 aliphatic heterocycles. The molecule has 0 unspecified atom stereocenters. The summed E-state index contributed by atoms with van der Waals surface area (Å²) in [6.45, 7) is 2.67. The van der Waals surface area contributed by atoms with Crippen LogP contribution in [0.4, 0.5) is 15.2 Å². The summed E-state index contributed by atoms with van der Waals surface area (Å²) < 4.78 is 19.6. The van der Waals surface area contributed by atoms with Gasteiger partial charge in [-0.15, -0.1) is 11.3 Å². The molecule has 0 saturated heterocycles. The molecule has 130 valence electrons. The first-order valence-electron chi connectivity index (χ1n) is 8.31. The minimum atomic E-state index is -0.368. The molecule has 0 aliphatic carbocycles. The molecule has 0 bridgehead atoms. The van der Waals surface area contributed by atoms with E-state index < -0.39 is 0 Å². The van der Waals surface area contributed by atoms with Crippen LogP contribution in [-0.2, 0) is 0 Å². The highest BCUT2D eigenvalue weighted by Gasteiger charge is 2.08. The second-order valence-corrected chi connectivity index (χ2v) is 6.46. The van der Waals surface area contributed by atoms with Crippen molar-refractivity contribution in [2.24, 2.45) is 0 Å². The number of aromatic nitrogens is 2. The van der Waals surface area contributed by atoms with Crippen LogP contribution in [0.25, 0.3) is 11.3 Å². The van der Waals surface area contributed by atoms with Crippen LogP contribution in [0.15, 0.2) is 48.1 Å². The number of ether oxygens (including phenoxy) is 1. The van der Waals surface area contributed by atoms with Gasteiger partial charge in [0.2, 0.25) is 0 Å². The molecule has 0 atom stereocenters. The fraction of sp³-hybridized carbons (Fsp3) is 0.263. The highest BCUT2D eigenvalue weighted by Crippen LogP contribution is 2.28. The third-order valence-corrected chi connectivity index (χ3v) is 4.43. The number of benzene rings is 1. The molecule has 1 N–H and O–H groups in total. The molecule has 0 fully saturated rings. The van der Waals surface area contributed by atoms with Gasteiger partial charge < -0.3 is 10.1 Å². The molecule has 0 saturated carbocycles. The molecule has 0 radical (unpaired) electrons. The Balaban J connectivity index is 1.63. The van der Waals surface area contributed by atoms with E-state index in [1.807, 2.05) is 17.5 Å². The maximum Gasteiger partial charge on any atom is 0.187 e. The molecule has 3 aromatic rings. The van der Waals surface area contributed by atoms with Gasteiger partial charge in [-0.1, -0.05) is 19.8 Å². The zero-order chi connectivity index (χ0) is 17.5. The van der Waals surface area contributed by atoms with E-state index in [1.165, 1.54) is 17.4 Å². The van der Waals surface area contributed by atoms with Gasteiger partial charge in [0, 0.05) is 35.1 Å². The second kappa shape index (κ2) is 8.58. The minimum absolute atomic E-state index is 0.290. The summed E-state index contributed by atoms with van der Waals surface area (Å²) in [5.74, 6) is -0.0781. The lowest BCUT2D eigenvalue weighted by Crippen LogP contribution is -2.00. The molecular weight excluding hydrogens is 337 g/mol. The normalized spacial score (nSPS) is 10.6. The van der Waals surface area contributed by atoms with Gasteiger partial charge in [0.15, 0.2) is 16.7 Å². The third kappa shape index (κ3) is 4.76. The Hall–Kier alpha value is -2.47. The van der Waals surface area contributed by atoms with Gasteiger partial charge >= 0.3 is 0 Å². The number of rotatable bonds is 8. The van der Waals surface area contributed by atoms with Gasteiger partial charge in [0.1, 0.15) is 0 Å². The molecule has 2 heterocycles. The average Bonchev–Trinajstić information content (AvgIpc) is 3.09. The van der Waals surface area contributed by atoms with E-state index in [0.29, 0.717) is 23.2 Å². The maximum atomic E-state index is 14.1. The number of anilines is 2. The van der Waals surface area contributed by atoms with Crippen LogP contribution in [-0.4, -0.2) is 16.6 Å². The third-order valence-electron chi connectivity index (χ3n) is 3.67. The number of thiazole rings is 1. The molecule has 25 heavy (non-hydrogen) atoms. The van der Waals surface area contributed by atoms with Gasteiger partial charge in [-0.05, 0) is 30.7 Å². The average molecular weight is 357 g/mol.